The molecule has 0 aliphatic heterocycles. The lowest BCUT2D eigenvalue weighted by molar-refractivity contribution is 0.616. The minimum Gasteiger partial charge on any atom is -0.319 e. The molecule has 0 saturated carbocycles. The van der Waals surface area contributed by atoms with E-state index in [4.69, 9.17) is 5.73 Å². The quantitative estimate of drug-likeness (QED) is 0.836. The van der Waals surface area contributed by atoms with Gasteiger partial charge in [0.1, 0.15) is 5.82 Å². The summed E-state index contributed by atoms with van der Waals surface area (Å²) in [5, 5.41) is 0. The summed E-state index contributed by atoms with van der Waals surface area (Å²) in [7, 11) is 0. The molecule has 0 amide bonds. The first-order valence-corrected chi connectivity index (χ1v) is 4.96. The predicted octanol–water partition coefficient (Wildman–Crippen LogP) is 1.97. The van der Waals surface area contributed by atoms with E-state index in [0.29, 0.717) is 11.3 Å². The third-order valence-corrected chi connectivity index (χ3v) is 2.44. The highest BCUT2D eigenvalue weighted by molar-refractivity contribution is 5.30. The van der Waals surface area contributed by atoms with Crippen LogP contribution in [-0.4, -0.2) is 9.97 Å². The highest BCUT2D eigenvalue weighted by atomic mass is 19.1. The van der Waals surface area contributed by atoms with Crippen LogP contribution in [0, 0.1) is 12.7 Å². The summed E-state index contributed by atoms with van der Waals surface area (Å²) in [6.45, 7) is 1.71. The third kappa shape index (κ3) is 2.06. The molecule has 0 aliphatic rings. The van der Waals surface area contributed by atoms with Crippen LogP contribution in [0.4, 0.5) is 4.39 Å². The van der Waals surface area contributed by atoms with Gasteiger partial charge in [0.2, 0.25) is 0 Å². The average molecular weight is 217 g/mol. The van der Waals surface area contributed by atoms with E-state index in [1.165, 1.54) is 6.07 Å². The average Bonchev–Trinajstić information content (AvgIpc) is 2.33. The maximum Gasteiger partial charge on any atom is 0.126 e. The number of hydrogen-bond acceptors (Lipinski definition) is 3. The SMILES string of the molecule is Cc1cc(C(N)c2cnccn2)ccc1F. The van der Waals surface area contributed by atoms with Crippen LogP contribution in [0.5, 0.6) is 0 Å². The van der Waals surface area contributed by atoms with Gasteiger partial charge in [-0.05, 0) is 24.1 Å². The summed E-state index contributed by atoms with van der Waals surface area (Å²) in [4.78, 5) is 8.08. The summed E-state index contributed by atoms with van der Waals surface area (Å²) < 4.78 is 13.1. The van der Waals surface area contributed by atoms with Gasteiger partial charge in [-0.3, -0.25) is 9.97 Å². The maximum atomic E-state index is 13.1. The monoisotopic (exact) mass is 217 g/mol. The molecule has 1 heterocycles. The minimum absolute atomic E-state index is 0.227. The number of aryl methyl sites for hydroxylation is 1. The molecule has 1 atom stereocenters. The van der Waals surface area contributed by atoms with Crippen LogP contribution >= 0.6 is 0 Å². The predicted molar refractivity (Wildman–Crippen MR) is 59.2 cm³/mol. The first-order valence-electron chi connectivity index (χ1n) is 4.96. The molecule has 82 valence electrons. The van der Waals surface area contributed by atoms with Gasteiger partial charge in [-0.1, -0.05) is 12.1 Å². The number of nitrogens with two attached hydrogens (primary N) is 1. The zero-order valence-electron chi connectivity index (χ0n) is 8.89. The fourth-order valence-electron chi connectivity index (χ4n) is 1.50. The van der Waals surface area contributed by atoms with Gasteiger partial charge in [0.05, 0.1) is 17.9 Å². The molecular weight excluding hydrogens is 205 g/mol. The van der Waals surface area contributed by atoms with E-state index in [1.807, 2.05) is 0 Å². The van der Waals surface area contributed by atoms with Crippen LogP contribution in [0.15, 0.2) is 36.8 Å². The second-order valence-corrected chi connectivity index (χ2v) is 3.62. The molecule has 0 fully saturated rings. The van der Waals surface area contributed by atoms with Gasteiger partial charge >= 0.3 is 0 Å². The fourth-order valence-corrected chi connectivity index (χ4v) is 1.50. The minimum atomic E-state index is -0.368. The van der Waals surface area contributed by atoms with Crippen molar-refractivity contribution in [2.75, 3.05) is 0 Å². The molecule has 0 saturated heterocycles. The molecule has 1 aromatic carbocycles. The Morgan fingerprint density at radius 1 is 1.31 bits per heavy atom. The van der Waals surface area contributed by atoms with Crippen LogP contribution in [0.2, 0.25) is 0 Å². The normalized spacial score (nSPS) is 12.4. The van der Waals surface area contributed by atoms with Gasteiger partial charge in [-0.25, -0.2) is 4.39 Å². The topological polar surface area (TPSA) is 51.8 Å². The van der Waals surface area contributed by atoms with E-state index in [9.17, 15) is 4.39 Å². The van der Waals surface area contributed by atoms with Crippen molar-refractivity contribution in [1.82, 2.24) is 9.97 Å². The lowest BCUT2D eigenvalue weighted by Crippen LogP contribution is -2.14. The van der Waals surface area contributed by atoms with E-state index in [1.54, 1.807) is 37.6 Å². The lowest BCUT2D eigenvalue weighted by Gasteiger charge is -2.11. The van der Waals surface area contributed by atoms with E-state index < -0.39 is 0 Å². The van der Waals surface area contributed by atoms with Crippen molar-refractivity contribution >= 4 is 0 Å². The van der Waals surface area contributed by atoms with E-state index >= 15 is 0 Å². The van der Waals surface area contributed by atoms with Gasteiger partial charge in [-0.15, -0.1) is 0 Å². The second-order valence-electron chi connectivity index (χ2n) is 3.62. The molecule has 16 heavy (non-hydrogen) atoms. The lowest BCUT2D eigenvalue weighted by atomic mass is 10.0. The smallest absolute Gasteiger partial charge is 0.126 e. The molecule has 2 aromatic rings. The number of rotatable bonds is 2. The van der Waals surface area contributed by atoms with Crippen LogP contribution in [0.3, 0.4) is 0 Å². The summed E-state index contributed by atoms with van der Waals surface area (Å²) in [6, 6.07) is 4.45. The molecule has 0 spiro atoms. The Bertz CT molecular complexity index is 485. The fraction of sp³-hybridized carbons (Fsp3) is 0.167. The zero-order chi connectivity index (χ0) is 11.5. The standard InChI is InChI=1S/C12H12FN3/c1-8-6-9(2-3-10(8)13)12(14)11-7-15-4-5-16-11/h2-7,12H,14H2,1H3. The maximum absolute atomic E-state index is 13.1. The van der Waals surface area contributed by atoms with Gasteiger partial charge in [0.25, 0.3) is 0 Å². The van der Waals surface area contributed by atoms with Crippen molar-refractivity contribution < 1.29 is 4.39 Å². The number of nitrogens with zero attached hydrogens (tertiary/aromatic N) is 2. The number of aromatic nitrogens is 2. The van der Waals surface area contributed by atoms with Gasteiger partial charge < -0.3 is 5.73 Å². The molecule has 1 aromatic heterocycles. The molecule has 3 nitrogen and oxygen atoms in total. The molecule has 2 N–H and O–H groups in total. The van der Waals surface area contributed by atoms with Crippen molar-refractivity contribution in [3.8, 4) is 0 Å². The molecular formula is C12H12FN3. The molecule has 4 heteroatoms. The third-order valence-electron chi connectivity index (χ3n) is 2.44. The van der Waals surface area contributed by atoms with E-state index in [0.717, 1.165) is 5.56 Å². The first kappa shape index (κ1) is 10.7. The van der Waals surface area contributed by atoms with Crippen molar-refractivity contribution in [2.45, 2.75) is 13.0 Å². The number of benzene rings is 1. The zero-order valence-corrected chi connectivity index (χ0v) is 8.89. The van der Waals surface area contributed by atoms with Crippen molar-refractivity contribution in [3.63, 3.8) is 0 Å². The number of hydrogen-bond donors (Lipinski definition) is 1. The second kappa shape index (κ2) is 4.37. The van der Waals surface area contributed by atoms with Crippen LogP contribution in [0.1, 0.15) is 22.9 Å². The number of halogens is 1. The van der Waals surface area contributed by atoms with Crippen molar-refractivity contribution in [1.29, 1.82) is 0 Å². The van der Waals surface area contributed by atoms with Crippen LogP contribution < -0.4 is 5.73 Å². The van der Waals surface area contributed by atoms with E-state index in [2.05, 4.69) is 9.97 Å². The van der Waals surface area contributed by atoms with Crippen molar-refractivity contribution in [3.05, 3.63) is 59.4 Å². The Kier molecular flexibility index (Phi) is 2.92. The molecule has 0 aliphatic carbocycles. The summed E-state index contributed by atoms with van der Waals surface area (Å²) in [5.74, 6) is -0.227. The summed E-state index contributed by atoms with van der Waals surface area (Å²) >= 11 is 0. The van der Waals surface area contributed by atoms with Crippen molar-refractivity contribution in [2.24, 2.45) is 5.73 Å². The van der Waals surface area contributed by atoms with E-state index in [-0.39, 0.29) is 11.9 Å². The largest absolute Gasteiger partial charge is 0.319 e. The van der Waals surface area contributed by atoms with Gasteiger partial charge in [0, 0.05) is 12.4 Å². The van der Waals surface area contributed by atoms with Gasteiger partial charge in [0.15, 0.2) is 0 Å². The molecule has 0 radical (unpaired) electrons. The Labute approximate surface area is 93.2 Å². The van der Waals surface area contributed by atoms with Gasteiger partial charge in [-0.2, -0.15) is 0 Å². The highest BCUT2D eigenvalue weighted by Gasteiger charge is 2.11. The molecule has 0 bridgehead atoms. The summed E-state index contributed by atoms with van der Waals surface area (Å²) in [5.41, 5.74) is 8.10. The first-order chi connectivity index (χ1) is 7.68. The Morgan fingerprint density at radius 2 is 2.12 bits per heavy atom. The Morgan fingerprint density at radius 3 is 2.75 bits per heavy atom. The molecule has 2 rings (SSSR count). The Balaban J connectivity index is 2.34. The molecule has 1 unspecified atom stereocenters. The Hall–Kier alpha value is -1.81. The highest BCUT2D eigenvalue weighted by Crippen LogP contribution is 2.19. The summed E-state index contributed by atoms with van der Waals surface area (Å²) in [6.07, 6.45) is 4.79. The van der Waals surface area contributed by atoms with Crippen LogP contribution in [-0.2, 0) is 0 Å². The van der Waals surface area contributed by atoms with Crippen LogP contribution in [0.25, 0.3) is 0 Å².